The molecule has 4 aromatic rings. The molecule has 3 heterocycles. The van der Waals surface area contributed by atoms with Gasteiger partial charge in [0.1, 0.15) is 17.4 Å². The second kappa shape index (κ2) is 6.97. The van der Waals surface area contributed by atoms with Gasteiger partial charge in [0, 0.05) is 0 Å². The first-order valence-corrected chi connectivity index (χ1v) is 9.54. The molecule has 140 valence electrons. The molecule has 0 saturated carbocycles. The molecule has 5 rings (SSSR count). The van der Waals surface area contributed by atoms with Crippen LogP contribution in [0, 0.1) is 0 Å². The molecule has 2 aromatic carbocycles. The molecule has 0 aliphatic carbocycles. The SMILES string of the molecule is COc1ccc(/C=C/c2nn3c(C4COc5ccccc5O4)nnc3s2)cc1. The Labute approximate surface area is 164 Å². The Morgan fingerprint density at radius 1 is 1.07 bits per heavy atom. The summed E-state index contributed by atoms with van der Waals surface area (Å²) in [5, 5.41) is 13.9. The summed E-state index contributed by atoms with van der Waals surface area (Å²) < 4.78 is 18.7. The van der Waals surface area contributed by atoms with E-state index in [9.17, 15) is 0 Å². The zero-order chi connectivity index (χ0) is 18.9. The lowest BCUT2D eigenvalue weighted by Gasteiger charge is -2.24. The summed E-state index contributed by atoms with van der Waals surface area (Å²) in [4.78, 5) is 0.715. The molecule has 0 radical (unpaired) electrons. The second-order valence-corrected chi connectivity index (χ2v) is 7.15. The maximum atomic E-state index is 6.03. The maximum absolute atomic E-state index is 6.03. The molecule has 0 saturated heterocycles. The Morgan fingerprint density at radius 3 is 2.71 bits per heavy atom. The van der Waals surface area contributed by atoms with Crippen molar-refractivity contribution in [2.24, 2.45) is 0 Å². The van der Waals surface area contributed by atoms with E-state index < -0.39 is 0 Å². The first-order chi connectivity index (χ1) is 13.8. The van der Waals surface area contributed by atoms with Gasteiger partial charge in [0.2, 0.25) is 4.96 Å². The fourth-order valence-electron chi connectivity index (χ4n) is 2.94. The van der Waals surface area contributed by atoms with Crippen LogP contribution in [0.1, 0.15) is 22.5 Å². The number of rotatable bonds is 4. The van der Waals surface area contributed by atoms with Crippen molar-refractivity contribution in [3.63, 3.8) is 0 Å². The molecular weight excluding hydrogens is 376 g/mol. The van der Waals surface area contributed by atoms with Crippen LogP contribution in [0.4, 0.5) is 0 Å². The zero-order valence-corrected chi connectivity index (χ0v) is 15.8. The molecule has 0 fully saturated rings. The van der Waals surface area contributed by atoms with Crippen LogP contribution in [-0.4, -0.2) is 33.5 Å². The minimum atomic E-state index is -0.356. The Hall–Kier alpha value is -3.39. The van der Waals surface area contributed by atoms with Crippen LogP contribution < -0.4 is 14.2 Å². The average molecular weight is 392 g/mol. The van der Waals surface area contributed by atoms with Crippen molar-refractivity contribution < 1.29 is 14.2 Å². The number of methoxy groups -OCH3 is 1. The number of benzene rings is 2. The average Bonchev–Trinajstić information content (AvgIpc) is 3.32. The summed E-state index contributed by atoms with van der Waals surface area (Å²) >= 11 is 1.46. The van der Waals surface area contributed by atoms with Crippen molar-refractivity contribution in [2.45, 2.75) is 6.10 Å². The normalized spacial score (nSPS) is 16.0. The lowest BCUT2D eigenvalue weighted by Crippen LogP contribution is -2.23. The Balaban J connectivity index is 1.39. The second-order valence-electron chi connectivity index (χ2n) is 6.16. The molecule has 1 aliphatic heterocycles. The number of ether oxygens (including phenoxy) is 3. The molecule has 2 aromatic heterocycles. The van der Waals surface area contributed by atoms with Gasteiger partial charge in [-0.3, -0.25) is 0 Å². The Bertz CT molecular complexity index is 1150. The van der Waals surface area contributed by atoms with Gasteiger partial charge in [-0.15, -0.1) is 10.2 Å². The predicted molar refractivity (Wildman–Crippen MR) is 106 cm³/mol. The van der Waals surface area contributed by atoms with Crippen LogP contribution in [0.15, 0.2) is 48.5 Å². The smallest absolute Gasteiger partial charge is 0.235 e. The highest BCUT2D eigenvalue weighted by Crippen LogP contribution is 2.35. The van der Waals surface area contributed by atoms with Gasteiger partial charge < -0.3 is 14.2 Å². The Kier molecular flexibility index (Phi) is 4.17. The highest BCUT2D eigenvalue weighted by molar-refractivity contribution is 7.17. The number of aromatic nitrogens is 4. The standard InChI is InChI=1S/C20H16N4O3S/c1-25-14-9-6-13(7-10-14)8-11-18-23-24-19(21-22-20(24)28-18)17-12-26-15-4-2-3-5-16(15)27-17/h2-11,17H,12H2,1H3/b11-8+. The molecule has 1 atom stereocenters. The lowest BCUT2D eigenvalue weighted by molar-refractivity contribution is 0.0836. The highest BCUT2D eigenvalue weighted by atomic mass is 32.1. The van der Waals surface area contributed by atoms with E-state index in [-0.39, 0.29) is 6.10 Å². The first-order valence-electron chi connectivity index (χ1n) is 8.73. The minimum Gasteiger partial charge on any atom is -0.497 e. The number of hydrogen-bond acceptors (Lipinski definition) is 7. The van der Waals surface area contributed by atoms with Crippen LogP contribution in [0.3, 0.4) is 0 Å². The molecule has 28 heavy (non-hydrogen) atoms. The van der Waals surface area contributed by atoms with Crippen molar-refractivity contribution in [2.75, 3.05) is 13.7 Å². The van der Waals surface area contributed by atoms with E-state index >= 15 is 0 Å². The van der Waals surface area contributed by atoms with Crippen molar-refractivity contribution in [3.05, 3.63) is 64.9 Å². The summed E-state index contributed by atoms with van der Waals surface area (Å²) in [6, 6.07) is 15.4. The molecule has 8 heteroatoms. The van der Waals surface area contributed by atoms with Crippen LogP contribution in [0.2, 0.25) is 0 Å². The van der Waals surface area contributed by atoms with Crippen LogP contribution >= 0.6 is 11.3 Å². The molecular formula is C20H16N4O3S. The highest BCUT2D eigenvalue weighted by Gasteiger charge is 2.27. The molecule has 0 N–H and O–H groups in total. The van der Waals surface area contributed by atoms with Crippen LogP contribution in [-0.2, 0) is 0 Å². The van der Waals surface area contributed by atoms with Gasteiger partial charge in [0.15, 0.2) is 23.4 Å². The number of nitrogens with zero attached hydrogens (tertiary/aromatic N) is 4. The lowest BCUT2D eigenvalue weighted by atomic mass is 10.2. The van der Waals surface area contributed by atoms with Gasteiger partial charge >= 0.3 is 0 Å². The van der Waals surface area contributed by atoms with Crippen LogP contribution in [0.25, 0.3) is 17.1 Å². The molecule has 1 unspecified atom stereocenters. The largest absolute Gasteiger partial charge is 0.497 e. The monoisotopic (exact) mass is 392 g/mol. The summed E-state index contributed by atoms with van der Waals surface area (Å²) in [6.07, 6.45) is 3.60. The number of hydrogen-bond donors (Lipinski definition) is 0. The molecule has 0 amide bonds. The minimum absolute atomic E-state index is 0.356. The fraction of sp³-hybridized carbons (Fsp3) is 0.150. The van der Waals surface area contributed by atoms with E-state index in [1.807, 2.05) is 60.7 Å². The third-order valence-electron chi connectivity index (χ3n) is 4.36. The van der Waals surface area contributed by atoms with Gasteiger partial charge in [-0.05, 0) is 35.9 Å². The maximum Gasteiger partial charge on any atom is 0.235 e. The molecule has 0 bridgehead atoms. The van der Waals surface area contributed by atoms with Crippen molar-refractivity contribution in [3.8, 4) is 17.2 Å². The quantitative estimate of drug-likeness (QED) is 0.525. The summed E-state index contributed by atoms with van der Waals surface area (Å²) in [7, 11) is 1.65. The van der Waals surface area contributed by atoms with E-state index in [1.165, 1.54) is 11.3 Å². The van der Waals surface area contributed by atoms with Crippen LogP contribution in [0.5, 0.6) is 17.2 Å². The number of para-hydroxylation sites is 2. The first kappa shape index (κ1) is 16.8. The Morgan fingerprint density at radius 2 is 1.89 bits per heavy atom. The predicted octanol–water partition coefficient (Wildman–Crippen LogP) is 3.88. The number of fused-ring (bicyclic) bond motifs is 2. The third kappa shape index (κ3) is 3.07. The van der Waals surface area contributed by atoms with Crippen molar-refractivity contribution in [1.82, 2.24) is 19.8 Å². The molecule has 1 aliphatic rings. The van der Waals surface area contributed by atoms with E-state index in [4.69, 9.17) is 14.2 Å². The van der Waals surface area contributed by atoms with Gasteiger partial charge in [0.05, 0.1) is 7.11 Å². The van der Waals surface area contributed by atoms with E-state index in [0.29, 0.717) is 23.1 Å². The van der Waals surface area contributed by atoms with Gasteiger partial charge in [-0.25, -0.2) is 0 Å². The van der Waals surface area contributed by atoms with Crippen molar-refractivity contribution in [1.29, 1.82) is 0 Å². The van der Waals surface area contributed by atoms with E-state index in [0.717, 1.165) is 22.1 Å². The zero-order valence-electron chi connectivity index (χ0n) is 15.0. The van der Waals surface area contributed by atoms with Gasteiger partial charge in [-0.1, -0.05) is 41.7 Å². The van der Waals surface area contributed by atoms with E-state index in [1.54, 1.807) is 11.6 Å². The molecule has 7 nitrogen and oxygen atoms in total. The topological polar surface area (TPSA) is 70.8 Å². The van der Waals surface area contributed by atoms with Gasteiger partial charge in [0.25, 0.3) is 0 Å². The van der Waals surface area contributed by atoms with E-state index in [2.05, 4.69) is 15.3 Å². The van der Waals surface area contributed by atoms with Gasteiger partial charge in [-0.2, -0.15) is 9.61 Å². The summed E-state index contributed by atoms with van der Waals surface area (Å²) in [5.74, 6) is 2.90. The summed E-state index contributed by atoms with van der Waals surface area (Å²) in [6.45, 7) is 0.367. The third-order valence-corrected chi connectivity index (χ3v) is 5.23. The molecule has 0 spiro atoms. The van der Waals surface area contributed by atoms with Crippen molar-refractivity contribution >= 4 is 28.4 Å². The fourth-order valence-corrected chi connectivity index (χ4v) is 3.69. The summed E-state index contributed by atoms with van der Waals surface area (Å²) in [5.41, 5.74) is 1.06.